The number of hydrogen-bond donors (Lipinski definition) is 0. The van der Waals surface area contributed by atoms with Crippen LogP contribution in [0.3, 0.4) is 0 Å². The van der Waals surface area contributed by atoms with Gasteiger partial charge >= 0.3 is 0 Å². The molecular formula is C48H31N3O2. The molecule has 0 aliphatic heterocycles. The number of rotatable bonds is 4. The van der Waals surface area contributed by atoms with Crippen molar-refractivity contribution in [3.05, 3.63) is 163 Å². The summed E-state index contributed by atoms with van der Waals surface area (Å²) in [5.41, 5.74) is 13.1. The lowest BCUT2D eigenvalue weighted by Crippen LogP contribution is -2.15. The Labute approximate surface area is 305 Å². The van der Waals surface area contributed by atoms with Crippen LogP contribution in [0.1, 0.15) is 25.0 Å². The molecule has 3 aromatic heterocycles. The summed E-state index contributed by atoms with van der Waals surface area (Å²) in [7, 11) is 0. The van der Waals surface area contributed by atoms with Gasteiger partial charge in [-0.15, -0.1) is 0 Å². The number of para-hydroxylation sites is 2. The van der Waals surface area contributed by atoms with Crippen LogP contribution in [0.4, 0.5) is 0 Å². The van der Waals surface area contributed by atoms with Crippen molar-refractivity contribution < 1.29 is 8.83 Å². The van der Waals surface area contributed by atoms with Gasteiger partial charge in [-0.3, -0.25) is 0 Å². The number of furan rings is 2. The molecule has 5 nitrogen and oxygen atoms in total. The van der Waals surface area contributed by atoms with Crippen LogP contribution in [0.5, 0.6) is 0 Å². The van der Waals surface area contributed by atoms with E-state index in [1.54, 1.807) is 0 Å². The third kappa shape index (κ3) is 4.47. The lowest BCUT2D eigenvalue weighted by molar-refractivity contribution is 0.660. The van der Waals surface area contributed by atoms with Crippen LogP contribution in [0.15, 0.2) is 160 Å². The van der Waals surface area contributed by atoms with Gasteiger partial charge in [0.1, 0.15) is 22.3 Å². The summed E-state index contributed by atoms with van der Waals surface area (Å²) < 4.78 is 12.9. The average molecular weight is 682 g/mol. The maximum Gasteiger partial charge on any atom is 0.164 e. The lowest BCUT2D eigenvalue weighted by Gasteiger charge is -2.21. The molecule has 0 unspecified atom stereocenters. The molecule has 0 atom stereocenters. The summed E-state index contributed by atoms with van der Waals surface area (Å²) in [6, 6.07) is 52.4. The Balaban J connectivity index is 1.17. The summed E-state index contributed by atoms with van der Waals surface area (Å²) in [6.07, 6.45) is 0. The van der Waals surface area contributed by atoms with E-state index >= 15 is 0 Å². The zero-order valence-electron chi connectivity index (χ0n) is 29.1. The van der Waals surface area contributed by atoms with E-state index in [9.17, 15) is 0 Å². The topological polar surface area (TPSA) is 65.0 Å². The van der Waals surface area contributed by atoms with Crippen LogP contribution < -0.4 is 0 Å². The Hall–Kier alpha value is -6.85. The highest BCUT2D eigenvalue weighted by atomic mass is 16.3. The molecule has 0 N–H and O–H groups in total. The molecule has 0 fully saturated rings. The second-order valence-corrected chi connectivity index (χ2v) is 14.4. The van der Waals surface area contributed by atoms with E-state index < -0.39 is 0 Å². The van der Waals surface area contributed by atoms with E-state index in [-0.39, 0.29) is 5.41 Å². The third-order valence-electron chi connectivity index (χ3n) is 10.9. The van der Waals surface area contributed by atoms with Crippen molar-refractivity contribution in [2.45, 2.75) is 19.3 Å². The van der Waals surface area contributed by atoms with Gasteiger partial charge in [0.15, 0.2) is 17.5 Å². The largest absolute Gasteiger partial charge is 0.456 e. The standard InChI is InChI=1S/C48H31N3O2/c1-48(2)37-19-9-6-15-31(37)32-24-23-29(26-38(32)48)46-49-45(28-13-4-3-5-14-28)50-47(51-46)30-25-36(44-35-17-8-11-21-40(35)53-42(44)27-30)33-18-12-22-41-43(33)34-16-7-10-20-39(34)52-41/h3-27H,1-2H3. The Bertz CT molecular complexity index is 3100. The van der Waals surface area contributed by atoms with Crippen LogP contribution in [-0.2, 0) is 5.41 Å². The highest BCUT2D eigenvalue weighted by Gasteiger charge is 2.35. The molecule has 0 radical (unpaired) electrons. The predicted octanol–water partition coefficient (Wildman–Crippen LogP) is 12.6. The van der Waals surface area contributed by atoms with E-state index in [1.165, 1.54) is 22.3 Å². The Morgan fingerprint density at radius 1 is 0.377 bits per heavy atom. The molecule has 250 valence electrons. The van der Waals surface area contributed by atoms with Crippen LogP contribution in [0.2, 0.25) is 0 Å². The maximum absolute atomic E-state index is 6.60. The van der Waals surface area contributed by atoms with Crippen molar-refractivity contribution in [3.63, 3.8) is 0 Å². The monoisotopic (exact) mass is 681 g/mol. The first-order valence-electron chi connectivity index (χ1n) is 17.9. The SMILES string of the molecule is CC1(C)c2ccccc2-c2ccc(-c3nc(-c4ccccc4)nc(-c4cc(-c5cccc6oc7ccccc7c56)c5c(c4)oc4ccccc45)n3)cc21. The molecular weight excluding hydrogens is 651 g/mol. The van der Waals surface area contributed by atoms with Gasteiger partial charge in [-0.2, -0.15) is 0 Å². The minimum Gasteiger partial charge on any atom is -0.456 e. The second-order valence-electron chi connectivity index (χ2n) is 14.4. The van der Waals surface area contributed by atoms with E-state index in [2.05, 4.69) is 105 Å². The first-order valence-corrected chi connectivity index (χ1v) is 17.9. The van der Waals surface area contributed by atoms with Gasteiger partial charge in [-0.05, 0) is 69.8 Å². The fraction of sp³-hybridized carbons (Fsp3) is 0.0625. The second kappa shape index (κ2) is 11.1. The molecule has 1 aliphatic rings. The smallest absolute Gasteiger partial charge is 0.164 e. The Morgan fingerprint density at radius 2 is 0.943 bits per heavy atom. The van der Waals surface area contributed by atoms with Crippen LogP contribution in [0, 0.1) is 0 Å². The van der Waals surface area contributed by atoms with Gasteiger partial charge in [0.2, 0.25) is 0 Å². The van der Waals surface area contributed by atoms with E-state index in [0.717, 1.165) is 71.7 Å². The van der Waals surface area contributed by atoms with Crippen molar-refractivity contribution in [1.82, 2.24) is 15.0 Å². The van der Waals surface area contributed by atoms with Gasteiger partial charge in [0.05, 0.1) is 0 Å². The summed E-state index contributed by atoms with van der Waals surface area (Å²) in [4.78, 5) is 15.5. The number of hydrogen-bond acceptors (Lipinski definition) is 5. The third-order valence-corrected chi connectivity index (χ3v) is 10.9. The minimum atomic E-state index is -0.153. The van der Waals surface area contributed by atoms with Crippen molar-refractivity contribution in [2.75, 3.05) is 0 Å². The predicted molar refractivity (Wildman–Crippen MR) is 214 cm³/mol. The number of nitrogens with zero attached hydrogens (tertiary/aromatic N) is 3. The van der Waals surface area contributed by atoms with Gasteiger partial charge in [-0.25, -0.2) is 15.0 Å². The van der Waals surface area contributed by atoms with Crippen LogP contribution in [-0.4, -0.2) is 15.0 Å². The number of fused-ring (bicyclic) bond motifs is 9. The van der Waals surface area contributed by atoms with Crippen LogP contribution >= 0.6 is 0 Å². The molecule has 0 saturated carbocycles. The lowest BCUT2D eigenvalue weighted by atomic mass is 9.82. The van der Waals surface area contributed by atoms with E-state index in [1.807, 2.05) is 60.7 Å². The van der Waals surface area contributed by atoms with Crippen LogP contribution in [0.25, 0.3) is 100 Å². The fourth-order valence-electron chi connectivity index (χ4n) is 8.39. The zero-order chi connectivity index (χ0) is 35.3. The molecule has 1 aliphatic carbocycles. The van der Waals surface area contributed by atoms with E-state index in [0.29, 0.717) is 17.5 Å². The molecule has 10 aromatic rings. The minimum absolute atomic E-state index is 0.153. The summed E-state index contributed by atoms with van der Waals surface area (Å²) >= 11 is 0. The van der Waals surface area contributed by atoms with E-state index in [4.69, 9.17) is 23.8 Å². The molecule has 5 heteroatoms. The van der Waals surface area contributed by atoms with Gasteiger partial charge in [-0.1, -0.05) is 129 Å². The summed E-state index contributed by atoms with van der Waals surface area (Å²) in [5, 5.41) is 4.23. The molecule has 53 heavy (non-hydrogen) atoms. The van der Waals surface area contributed by atoms with Gasteiger partial charge in [0, 0.05) is 43.7 Å². The molecule has 0 amide bonds. The normalized spacial score (nSPS) is 13.2. The summed E-state index contributed by atoms with van der Waals surface area (Å²) in [6.45, 7) is 4.59. The zero-order valence-corrected chi connectivity index (χ0v) is 29.1. The molecule has 3 heterocycles. The van der Waals surface area contributed by atoms with Gasteiger partial charge in [0.25, 0.3) is 0 Å². The maximum atomic E-state index is 6.60. The fourth-order valence-corrected chi connectivity index (χ4v) is 8.39. The summed E-state index contributed by atoms with van der Waals surface area (Å²) in [5.74, 6) is 1.81. The molecule has 0 saturated heterocycles. The Kier molecular flexibility index (Phi) is 6.23. The highest BCUT2D eigenvalue weighted by molar-refractivity contribution is 6.20. The molecule has 7 aromatic carbocycles. The quantitative estimate of drug-likeness (QED) is 0.185. The number of benzene rings is 7. The number of aromatic nitrogens is 3. The molecule has 0 spiro atoms. The Morgan fingerprint density at radius 3 is 1.72 bits per heavy atom. The highest BCUT2D eigenvalue weighted by Crippen LogP contribution is 2.50. The van der Waals surface area contributed by atoms with Crippen molar-refractivity contribution >= 4 is 43.9 Å². The van der Waals surface area contributed by atoms with Crippen molar-refractivity contribution in [2.24, 2.45) is 0 Å². The first-order chi connectivity index (χ1) is 26.0. The molecule has 0 bridgehead atoms. The molecule has 11 rings (SSSR count). The first kappa shape index (κ1) is 29.8. The van der Waals surface area contributed by atoms with Crippen molar-refractivity contribution in [3.8, 4) is 56.4 Å². The van der Waals surface area contributed by atoms with Gasteiger partial charge < -0.3 is 8.83 Å². The van der Waals surface area contributed by atoms with Crippen molar-refractivity contribution in [1.29, 1.82) is 0 Å². The average Bonchev–Trinajstić information content (AvgIpc) is 3.85.